The van der Waals surface area contributed by atoms with Crippen LogP contribution in [-0.4, -0.2) is 28.6 Å². The third-order valence-electron chi connectivity index (χ3n) is 3.72. The monoisotopic (exact) mass is 422 g/mol. The molecule has 0 aliphatic heterocycles. The fraction of sp³-hybridized carbons (Fsp3) is 0.211. The van der Waals surface area contributed by atoms with Gasteiger partial charge in [0.2, 0.25) is 5.69 Å². The quantitative estimate of drug-likeness (QED) is 0.569. The van der Waals surface area contributed by atoms with Crippen molar-refractivity contribution in [3.05, 3.63) is 56.9 Å². The minimum atomic E-state index is -1.19. The molecule has 0 fully saturated rings. The van der Waals surface area contributed by atoms with E-state index in [-0.39, 0.29) is 44.5 Å². The molecule has 0 spiro atoms. The standard InChI is InChI=1S/C19H16Cl2N2O5/c1-9(2)12-6-11(7-15(22-3)17(12)26)28-18-13(20)4-10(5-14(18)21)19(27)23-8-16(24)25/h4-7,9,26H,8H2,1-2H3,(H,23,27)(H,24,25). The predicted octanol–water partition coefficient (Wildman–Crippen LogP) is 4.98. The van der Waals surface area contributed by atoms with E-state index in [1.165, 1.54) is 18.2 Å². The number of halogens is 2. The van der Waals surface area contributed by atoms with Crippen LogP contribution in [0.4, 0.5) is 5.69 Å². The van der Waals surface area contributed by atoms with Gasteiger partial charge in [0.25, 0.3) is 5.91 Å². The van der Waals surface area contributed by atoms with Crippen LogP contribution in [0.15, 0.2) is 24.3 Å². The van der Waals surface area contributed by atoms with Crippen LogP contribution >= 0.6 is 23.2 Å². The Kier molecular flexibility index (Phi) is 6.73. The number of nitrogens with zero attached hydrogens (tertiary/aromatic N) is 1. The third kappa shape index (κ3) is 4.85. The first-order valence-electron chi connectivity index (χ1n) is 8.05. The van der Waals surface area contributed by atoms with E-state index >= 15 is 0 Å². The van der Waals surface area contributed by atoms with Crippen LogP contribution in [-0.2, 0) is 4.79 Å². The molecule has 0 atom stereocenters. The number of hydrogen-bond donors (Lipinski definition) is 3. The first-order valence-corrected chi connectivity index (χ1v) is 8.80. The highest BCUT2D eigenvalue weighted by Gasteiger charge is 2.18. The lowest BCUT2D eigenvalue weighted by Crippen LogP contribution is -2.29. The van der Waals surface area contributed by atoms with Gasteiger partial charge in [-0.05, 0) is 35.7 Å². The van der Waals surface area contributed by atoms with Crippen molar-refractivity contribution >= 4 is 40.8 Å². The van der Waals surface area contributed by atoms with Crippen LogP contribution in [0.3, 0.4) is 0 Å². The van der Waals surface area contributed by atoms with E-state index in [4.69, 9.17) is 39.6 Å². The van der Waals surface area contributed by atoms with Crippen LogP contribution in [0, 0.1) is 6.57 Å². The Morgan fingerprint density at radius 3 is 2.32 bits per heavy atom. The molecule has 9 heteroatoms. The molecule has 0 aliphatic carbocycles. The second-order valence-corrected chi connectivity index (χ2v) is 6.91. The molecule has 3 N–H and O–H groups in total. The fourth-order valence-electron chi connectivity index (χ4n) is 2.36. The zero-order chi connectivity index (χ0) is 21.0. The molecule has 0 aliphatic rings. The maximum Gasteiger partial charge on any atom is 0.322 e. The molecule has 1 amide bonds. The fourth-order valence-corrected chi connectivity index (χ4v) is 2.93. The van der Waals surface area contributed by atoms with Gasteiger partial charge in [0, 0.05) is 5.56 Å². The number of carbonyl (C=O) groups excluding carboxylic acids is 1. The summed E-state index contributed by atoms with van der Waals surface area (Å²) in [5, 5.41) is 21.0. The number of amides is 1. The summed E-state index contributed by atoms with van der Waals surface area (Å²) in [7, 11) is 0. The zero-order valence-electron chi connectivity index (χ0n) is 14.9. The maximum absolute atomic E-state index is 12.0. The van der Waals surface area contributed by atoms with E-state index in [2.05, 4.69) is 10.2 Å². The molecule has 0 saturated heterocycles. The Morgan fingerprint density at radius 2 is 1.82 bits per heavy atom. The van der Waals surface area contributed by atoms with Crippen molar-refractivity contribution < 1.29 is 24.5 Å². The Hall–Kier alpha value is -2.95. The molecule has 0 radical (unpaired) electrons. The van der Waals surface area contributed by atoms with Crippen LogP contribution in [0.25, 0.3) is 4.85 Å². The van der Waals surface area contributed by atoms with Crippen molar-refractivity contribution in [2.24, 2.45) is 0 Å². The summed E-state index contributed by atoms with van der Waals surface area (Å²) in [6.45, 7) is 10.4. The largest absolute Gasteiger partial charge is 0.519 e. The summed E-state index contributed by atoms with van der Waals surface area (Å²) in [6.07, 6.45) is 0. The van der Waals surface area contributed by atoms with Crippen molar-refractivity contribution in [3.63, 3.8) is 0 Å². The third-order valence-corrected chi connectivity index (χ3v) is 4.28. The molecule has 2 aromatic rings. The number of benzene rings is 2. The minimum absolute atomic E-state index is 0.0245. The Bertz CT molecular complexity index is 960. The minimum Gasteiger partial charge on any atom is -0.519 e. The van der Waals surface area contributed by atoms with Gasteiger partial charge in [0.1, 0.15) is 18.0 Å². The molecule has 7 nitrogen and oxygen atoms in total. The lowest BCUT2D eigenvalue weighted by molar-refractivity contribution is -0.135. The van der Waals surface area contributed by atoms with E-state index in [1.807, 2.05) is 13.8 Å². The molecule has 0 unspecified atom stereocenters. The summed E-state index contributed by atoms with van der Waals surface area (Å²) in [4.78, 5) is 25.8. The molecule has 0 heterocycles. The van der Waals surface area contributed by atoms with Crippen molar-refractivity contribution in [3.8, 4) is 17.2 Å². The van der Waals surface area contributed by atoms with E-state index in [9.17, 15) is 14.7 Å². The topological polar surface area (TPSA) is 100 Å². The number of rotatable bonds is 6. The number of carboxylic acid groups (broad SMARTS) is 1. The molecule has 146 valence electrons. The van der Waals surface area contributed by atoms with Gasteiger partial charge in [-0.3, -0.25) is 9.59 Å². The van der Waals surface area contributed by atoms with E-state index in [1.54, 1.807) is 6.07 Å². The summed E-state index contributed by atoms with van der Waals surface area (Å²) < 4.78 is 5.72. The number of hydrogen-bond acceptors (Lipinski definition) is 4. The lowest BCUT2D eigenvalue weighted by atomic mass is 10.0. The molecule has 28 heavy (non-hydrogen) atoms. The number of aliphatic carboxylic acids is 1. The van der Waals surface area contributed by atoms with Gasteiger partial charge in [-0.2, -0.15) is 0 Å². The molecular formula is C19H16Cl2N2O5. The number of carbonyl (C=O) groups is 2. The normalized spacial score (nSPS) is 10.4. The summed E-state index contributed by atoms with van der Waals surface area (Å²) in [5.41, 5.74) is 0.623. The number of phenolic OH excluding ortho intramolecular Hbond substituents is 1. The lowest BCUT2D eigenvalue weighted by Gasteiger charge is -2.15. The first kappa shape index (κ1) is 21.4. The number of nitrogens with one attached hydrogen (secondary N) is 1. The van der Waals surface area contributed by atoms with Gasteiger partial charge in [-0.25, -0.2) is 4.85 Å². The van der Waals surface area contributed by atoms with Gasteiger partial charge in [0.05, 0.1) is 16.6 Å². The highest BCUT2D eigenvalue weighted by molar-refractivity contribution is 6.37. The molecule has 2 aromatic carbocycles. The molecule has 0 saturated carbocycles. The Balaban J connectivity index is 2.37. The SMILES string of the molecule is [C-]#[N+]c1cc(Oc2c(Cl)cc(C(=O)NCC(=O)O)cc2Cl)cc(C(C)C)c1O. The van der Waals surface area contributed by atoms with E-state index in [0.29, 0.717) is 5.56 Å². The van der Waals surface area contributed by atoms with E-state index in [0.717, 1.165) is 0 Å². The number of ether oxygens (including phenoxy) is 1. The van der Waals surface area contributed by atoms with Crippen molar-refractivity contribution in [1.29, 1.82) is 0 Å². The van der Waals surface area contributed by atoms with E-state index < -0.39 is 18.4 Å². The second-order valence-electron chi connectivity index (χ2n) is 6.09. The number of aromatic hydroxyl groups is 1. The average Bonchev–Trinajstić information content (AvgIpc) is 2.63. The smallest absolute Gasteiger partial charge is 0.322 e. The van der Waals surface area contributed by atoms with Crippen molar-refractivity contribution in [1.82, 2.24) is 5.32 Å². The Morgan fingerprint density at radius 1 is 1.21 bits per heavy atom. The van der Waals surface area contributed by atoms with Crippen molar-refractivity contribution in [2.45, 2.75) is 19.8 Å². The van der Waals surface area contributed by atoms with Gasteiger partial charge in [-0.1, -0.05) is 37.0 Å². The summed E-state index contributed by atoms with van der Waals surface area (Å²) in [5.74, 6) is -1.70. The molecular weight excluding hydrogens is 407 g/mol. The number of phenols is 1. The summed E-state index contributed by atoms with van der Waals surface area (Å²) in [6, 6.07) is 5.52. The second kappa shape index (κ2) is 8.83. The highest BCUT2D eigenvalue weighted by atomic mass is 35.5. The van der Waals surface area contributed by atoms with Crippen LogP contribution < -0.4 is 10.1 Å². The number of carboxylic acids is 1. The predicted molar refractivity (Wildman–Crippen MR) is 105 cm³/mol. The van der Waals surface area contributed by atoms with Gasteiger partial charge in [-0.15, -0.1) is 0 Å². The van der Waals surface area contributed by atoms with Gasteiger partial charge < -0.3 is 20.3 Å². The van der Waals surface area contributed by atoms with Crippen LogP contribution in [0.1, 0.15) is 35.7 Å². The Labute approximate surface area is 171 Å². The van der Waals surface area contributed by atoms with Gasteiger partial charge in [0.15, 0.2) is 5.75 Å². The average molecular weight is 423 g/mol. The zero-order valence-corrected chi connectivity index (χ0v) is 16.4. The first-order chi connectivity index (χ1) is 13.1. The van der Waals surface area contributed by atoms with Gasteiger partial charge >= 0.3 is 5.97 Å². The molecule has 0 bridgehead atoms. The maximum atomic E-state index is 12.0. The molecule has 2 rings (SSSR count). The van der Waals surface area contributed by atoms with Crippen LogP contribution in [0.5, 0.6) is 17.2 Å². The molecule has 0 aromatic heterocycles. The van der Waals surface area contributed by atoms with Crippen LogP contribution in [0.2, 0.25) is 10.0 Å². The highest BCUT2D eigenvalue weighted by Crippen LogP contribution is 2.43. The van der Waals surface area contributed by atoms with Crippen molar-refractivity contribution in [2.75, 3.05) is 6.54 Å². The summed E-state index contributed by atoms with van der Waals surface area (Å²) >= 11 is 12.4.